The van der Waals surface area contributed by atoms with Gasteiger partial charge < -0.3 is 33.2 Å². The molecule has 5 fully saturated rings. The van der Waals surface area contributed by atoms with E-state index in [0.717, 1.165) is 51.4 Å². The first-order chi connectivity index (χ1) is 22.7. The molecule has 0 aromatic rings. The molecule has 0 bridgehead atoms. The molecule has 0 saturated carbocycles. The SMILES string of the molecule is CCC1(C2OC(C3OC4(COC(=O)CO4)C(C)CC3C)CC2C)CCC(C2(C)CCC(C=CC(C)CC(C)C(OC)C(C)C(=O)F)O2)O1. The van der Waals surface area contributed by atoms with Gasteiger partial charge in [-0.05, 0) is 82.0 Å². The normalized spacial score (nSPS) is 44.6. The maximum absolute atomic E-state index is 13.4. The second-order valence-electron chi connectivity index (χ2n) is 16.2. The maximum atomic E-state index is 13.4. The van der Waals surface area contributed by atoms with Gasteiger partial charge in [-0.2, -0.15) is 4.39 Å². The number of cyclic esters (lactones) is 1. The number of halogens is 1. The lowest BCUT2D eigenvalue weighted by molar-refractivity contribution is -0.352. The summed E-state index contributed by atoms with van der Waals surface area (Å²) in [7, 11) is 1.54. The summed E-state index contributed by atoms with van der Waals surface area (Å²) in [6.45, 7) is 16.8. The number of carbonyl (C=O) groups excluding carboxylic acids is 2. The van der Waals surface area contributed by atoms with E-state index in [2.05, 4.69) is 53.7 Å². The minimum absolute atomic E-state index is 0.00418. The molecular weight excluding hydrogens is 619 g/mol. The second kappa shape index (κ2) is 15.0. The summed E-state index contributed by atoms with van der Waals surface area (Å²) in [4.78, 5) is 23.0. The van der Waals surface area contributed by atoms with E-state index in [1.165, 1.54) is 0 Å². The minimum Gasteiger partial charge on any atom is -0.458 e. The number of hydrogen-bond acceptors (Lipinski definition) is 9. The van der Waals surface area contributed by atoms with Crippen LogP contribution in [0.3, 0.4) is 0 Å². The van der Waals surface area contributed by atoms with Crippen LogP contribution in [-0.4, -0.2) is 85.9 Å². The van der Waals surface area contributed by atoms with Gasteiger partial charge in [0.1, 0.15) is 13.2 Å². The van der Waals surface area contributed by atoms with Gasteiger partial charge >= 0.3 is 12.0 Å². The van der Waals surface area contributed by atoms with Crippen LogP contribution in [0.2, 0.25) is 0 Å². The van der Waals surface area contributed by atoms with Gasteiger partial charge in [0.25, 0.3) is 0 Å². The Morgan fingerprint density at radius 2 is 1.81 bits per heavy atom. The van der Waals surface area contributed by atoms with Crippen molar-refractivity contribution in [2.75, 3.05) is 20.3 Å². The number of carbonyl (C=O) groups is 2. The molecular formula is C38H61FO9. The maximum Gasteiger partial charge on any atom is 0.332 e. The molecule has 15 atom stereocenters. The number of rotatable bonds is 12. The molecule has 1 spiro atoms. The molecule has 48 heavy (non-hydrogen) atoms. The predicted octanol–water partition coefficient (Wildman–Crippen LogP) is 6.74. The Labute approximate surface area is 287 Å². The van der Waals surface area contributed by atoms with Crippen LogP contribution in [0.15, 0.2) is 12.2 Å². The fourth-order valence-corrected chi connectivity index (χ4v) is 9.61. The van der Waals surface area contributed by atoms with Crippen molar-refractivity contribution >= 4 is 12.0 Å². The molecule has 0 aromatic heterocycles. The highest BCUT2D eigenvalue weighted by molar-refractivity contribution is 5.71. The summed E-state index contributed by atoms with van der Waals surface area (Å²) in [6.07, 6.45) is 10.7. The summed E-state index contributed by atoms with van der Waals surface area (Å²) in [6, 6.07) is -1.33. The zero-order valence-corrected chi connectivity index (χ0v) is 30.7. The number of hydrogen-bond donors (Lipinski definition) is 0. The zero-order chi connectivity index (χ0) is 35.0. The third-order valence-electron chi connectivity index (χ3n) is 12.5. The van der Waals surface area contributed by atoms with Crippen LogP contribution in [0.5, 0.6) is 0 Å². The molecule has 15 unspecified atom stereocenters. The fraction of sp³-hybridized carbons (Fsp3) is 0.895. The molecule has 5 saturated heterocycles. The molecule has 0 aromatic carbocycles. The molecule has 9 nitrogen and oxygen atoms in total. The number of esters is 1. The van der Waals surface area contributed by atoms with Gasteiger partial charge in [-0.15, -0.1) is 0 Å². The van der Waals surface area contributed by atoms with Crippen molar-refractivity contribution < 1.29 is 47.1 Å². The van der Waals surface area contributed by atoms with Crippen molar-refractivity contribution in [1.82, 2.24) is 0 Å². The summed E-state index contributed by atoms with van der Waals surface area (Å²) < 4.78 is 57.7. The van der Waals surface area contributed by atoms with Crippen molar-refractivity contribution in [3.8, 4) is 0 Å². The van der Waals surface area contributed by atoms with Crippen LogP contribution >= 0.6 is 0 Å². The topological polar surface area (TPSA) is 98.8 Å². The van der Waals surface area contributed by atoms with Gasteiger partial charge in [0.05, 0.1) is 53.7 Å². The van der Waals surface area contributed by atoms with Crippen LogP contribution in [0, 0.1) is 35.5 Å². The summed E-state index contributed by atoms with van der Waals surface area (Å²) in [5.41, 5.74) is -0.777. The first-order valence-electron chi connectivity index (χ1n) is 18.5. The quantitative estimate of drug-likeness (QED) is 0.126. The highest BCUT2D eigenvalue weighted by Crippen LogP contribution is 2.51. The smallest absolute Gasteiger partial charge is 0.332 e. The average Bonchev–Trinajstić information content (AvgIpc) is 3.77. The Morgan fingerprint density at radius 3 is 2.46 bits per heavy atom. The number of methoxy groups -OCH3 is 1. The lowest BCUT2D eigenvalue weighted by atomic mass is 9.80. The third kappa shape index (κ3) is 7.59. The van der Waals surface area contributed by atoms with E-state index < -0.39 is 23.8 Å². The molecule has 5 aliphatic rings. The highest BCUT2D eigenvalue weighted by atomic mass is 19.1. The van der Waals surface area contributed by atoms with Crippen molar-refractivity contribution in [2.45, 2.75) is 160 Å². The van der Waals surface area contributed by atoms with Crippen LogP contribution < -0.4 is 0 Å². The predicted molar refractivity (Wildman–Crippen MR) is 178 cm³/mol. The van der Waals surface area contributed by atoms with Crippen molar-refractivity contribution in [2.24, 2.45) is 35.5 Å². The van der Waals surface area contributed by atoms with E-state index in [-0.39, 0.29) is 84.6 Å². The van der Waals surface area contributed by atoms with Gasteiger partial charge in [0, 0.05) is 13.0 Å². The summed E-state index contributed by atoms with van der Waals surface area (Å²) in [5, 5.41) is 0. The molecule has 274 valence electrons. The third-order valence-corrected chi connectivity index (χ3v) is 12.5. The lowest BCUT2D eigenvalue weighted by Crippen LogP contribution is -2.60. The van der Waals surface area contributed by atoms with Crippen LogP contribution in [-0.2, 0) is 42.7 Å². The van der Waals surface area contributed by atoms with Crippen molar-refractivity contribution in [1.29, 1.82) is 0 Å². The van der Waals surface area contributed by atoms with Gasteiger partial charge in [0.15, 0.2) is 0 Å². The summed E-state index contributed by atoms with van der Waals surface area (Å²) >= 11 is 0. The number of ether oxygens (including phenoxy) is 7. The molecule has 10 heteroatoms. The Morgan fingerprint density at radius 1 is 1.06 bits per heavy atom. The highest BCUT2D eigenvalue weighted by Gasteiger charge is 2.59. The Balaban J connectivity index is 1.18. The van der Waals surface area contributed by atoms with Gasteiger partial charge in [-0.3, -0.25) is 4.79 Å². The van der Waals surface area contributed by atoms with Gasteiger partial charge in [-0.25, -0.2) is 4.79 Å². The molecule has 0 N–H and O–H groups in total. The van der Waals surface area contributed by atoms with E-state index in [0.29, 0.717) is 5.92 Å². The van der Waals surface area contributed by atoms with Crippen molar-refractivity contribution in [3.63, 3.8) is 0 Å². The monoisotopic (exact) mass is 680 g/mol. The van der Waals surface area contributed by atoms with E-state index >= 15 is 0 Å². The van der Waals surface area contributed by atoms with E-state index in [1.807, 2.05) is 6.92 Å². The molecule has 5 aliphatic heterocycles. The molecule has 5 rings (SSSR count). The van der Waals surface area contributed by atoms with Crippen LogP contribution in [0.4, 0.5) is 4.39 Å². The van der Waals surface area contributed by atoms with Gasteiger partial charge in [0.2, 0.25) is 5.79 Å². The van der Waals surface area contributed by atoms with Crippen LogP contribution in [0.25, 0.3) is 0 Å². The minimum atomic E-state index is -1.33. The van der Waals surface area contributed by atoms with E-state index in [4.69, 9.17) is 33.2 Å². The zero-order valence-electron chi connectivity index (χ0n) is 30.7. The number of allylic oxidation sites excluding steroid dienone is 1. The largest absolute Gasteiger partial charge is 0.458 e. The lowest BCUT2D eigenvalue weighted by Gasteiger charge is -2.50. The van der Waals surface area contributed by atoms with E-state index in [1.54, 1.807) is 14.0 Å². The first-order valence-corrected chi connectivity index (χ1v) is 18.5. The Hall–Kier alpha value is -1.43. The Kier molecular flexibility index (Phi) is 11.9. The second-order valence-corrected chi connectivity index (χ2v) is 16.2. The average molecular weight is 681 g/mol. The van der Waals surface area contributed by atoms with Crippen molar-refractivity contribution in [3.05, 3.63) is 12.2 Å². The standard InChI is InChI=1S/C38H61FO9/c1-10-37(34-25(5)19-29(45-34)33-24(4)18-26(6)38(48-33)21-43-31(40)20-44-38)16-14-30(47-37)36(8)15-13-28(46-36)12-11-22(2)17-23(3)32(42-9)27(7)35(39)41/h11-12,22-30,32-34H,10,13-21H2,1-9H3. The van der Waals surface area contributed by atoms with E-state index in [9.17, 15) is 14.0 Å². The summed E-state index contributed by atoms with van der Waals surface area (Å²) in [5.74, 6) is -1.09. The molecule has 0 aliphatic carbocycles. The first kappa shape index (κ1) is 37.8. The van der Waals surface area contributed by atoms with Gasteiger partial charge in [-0.1, -0.05) is 60.6 Å². The fourth-order valence-electron chi connectivity index (χ4n) is 9.61. The Bertz CT molecular complexity index is 1150. The molecule has 0 radical (unpaired) electrons. The molecule has 5 heterocycles. The van der Waals surface area contributed by atoms with Crippen LogP contribution in [0.1, 0.15) is 107 Å². The molecule has 0 amide bonds.